The summed E-state index contributed by atoms with van der Waals surface area (Å²) in [5.74, 6) is 1.05. The lowest BCUT2D eigenvalue weighted by Gasteiger charge is -2.31. The Morgan fingerprint density at radius 2 is 1.81 bits per heavy atom. The number of para-hydroxylation sites is 2. The summed E-state index contributed by atoms with van der Waals surface area (Å²) in [7, 11) is 0. The van der Waals surface area contributed by atoms with E-state index in [1.165, 1.54) is 5.56 Å². The molecular weight excluding hydrogens is 324 g/mol. The number of rotatable bonds is 5. The predicted molar refractivity (Wildman–Crippen MR) is 102 cm³/mol. The van der Waals surface area contributed by atoms with Crippen LogP contribution in [0.1, 0.15) is 24.2 Å². The van der Waals surface area contributed by atoms with E-state index in [-0.39, 0.29) is 11.8 Å². The van der Waals surface area contributed by atoms with E-state index in [0.717, 1.165) is 49.3 Å². The first-order valence-electron chi connectivity index (χ1n) is 9.25. The number of amides is 1. The highest BCUT2D eigenvalue weighted by Crippen LogP contribution is 2.19. The van der Waals surface area contributed by atoms with Gasteiger partial charge in [0, 0.05) is 12.5 Å². The highest BCUT2D eigenvalue weighted by Gasteiger charge is 2.24. The van der Waals surface area contributed by atoms with Crippen molar-refractivity contribution in [3.8, 4) is 0 Å². The molecule has 1 fully saturated rings. The number of H-pyrrole nitrogens is 1. The first-order chi connectivity index (χ1) is 12.8. The number of carbonyl (C=O) groups excluding carboxylic acids is 1. The van der Waals surface area contributed by atoms with E-state index in [9.17, 15) is 4.79 Å². The van der Waals surface area contributed by atoms with Crippen LogP contribution in [0, 0.1) is 5.92 Å². The summed E-state index contributed by atoms with van der Waals surface area (Å²) in [5, 5.41) is 3.04. The van der Waals surface area contributed by atoms with Crippen molar-refractivity contribution < 1.29 is 4.79 Å². The SMILES string of the molecule is O=C(NCc1nc2ccccc2[nH]1)C1CCN(Cc2ccccc2)CC1. The molecule has 134 valence electrons. The summed E-state index contributed by atoms with van der Waals surface area (Å²) in [6.45, 7) is 3.36. The standard InChI is InChI=1S/C21H24N4O/c26-21(22-14-20-23-18-8-4-5-9-19(18)24-20)17-10-12-25(13-11-17)15-16-6-2-1-3-7-16/h1-9,17H,10-15H2,(H,22,26)(H,23,24). The topological polar surface area (TPSA) is 61.0 Å². The zero-order chi connectivity index (χ0) is 17.8. The molecule has 2 heterocycles. The number of nitrogens with zero attached hydrogens (tertiary/aromatic N) is 2. The Kier molecular flexibility index (Phi) is 4.97. The average molecular weight is 348 g/mol. The zero-order valence-electron chi connectivity index (χ0n) is 14.8. The first-order valence-corrected chi connectivity index (χ1v) is 9.25. The zero-order valence-corrected chi connectivity index (χ0v) is 14.8. The van der Waals surface area contributed by atoms with Gasteiger partial charge in [0.1, 0.15) is 5.82 Å². The van der Waals surface area contributed by atoms with E-state index in [1.54, 1.807) is 0 Å². The van der Waals surface area contributed by atoms with E-state index >= 15 is 0 Å². The van der Waals surface area contributed by atoms with Gasteiger partial charge >= 0.3 is 0 Å². The van der Waals surface area contributed by atoms with E-state index in [2.05, 4.69) is 44.5 Å². The van der Waals surface area contributed by atoms with Gasteiger partial charge in [-0.1, -0.05) is 42.5 Å². The van der Waals surface area contributed by atoms with Gasteiger partial charge in [-0.3, -0.25) is 9.69 Å². The molecule has 3 aromatic rings. The largest absolute Gasteiger partial charge is 0.349 e. The normalized spacial score (nSPS) is 16.0. The number of hydrogen-bond acceptors (Lipinski definition) is 3. The quantitative estimate of drug-likeness (QED) is 0.745. The Morgan fingerprint density at radius 1 is 1.08 bits per heavy atom. The first kappa shape index (κ1) is 16.8. The number of hydrogen-bond donors (Lipinski definition) is 2. The van der Waals surface area contributed by atoms with Crippen molar-refractivity contribution in [2.75, 3.05) is 13.1 Å². The van der Waals surface area contributed by atoms with Gasteiger partial charge in [-0.15, -0.1) is 0 Å². The molecule has 0 spiro atoms. The summed E-state index contributed by atoms with van der Waals surface area (Å²) in [4.78, 5) is 22.7. The molecule has 5 heteroatoms. The minimum atomic E-state index is 0.103. The Balaban J connectivity index is 1.25. The Bertz CT molecular complexity index is 833. The third-order valence-electron chi connectivity index (χ3n) is 5.08. The van der Waals surface area contributed by atoms with Crippen LogP contribution in [0.15, 0.2) is 54.6 Å². The maximum atomic E-state index is 12.5. The molecule has 1 aliphatic rings. The van der Waals surface area contributed by atoms with E-state index in [1.807, 2.05) is 30.3 Å². The Hall–Kier alpha value is -2.66. The van der Waals surface area contributed by atoms with Crippen LogP contribution in [0.4, 0.5) is 0 Å². The maximum Gasteiger partial charge on any atom is 0.223 e. The summed E-state index contributed by atoms with van der Waals surface area (Å²) in [6.07, 6.45) is 1.83. The molecule has 1 aliphatic heterocycles. The molecule has 0 saturated carbocycles. The van der Waals surface area contributed by atoms with Crippen LogP contribution in [0.3, 0.4) is 0 Å². The van der Waals surface area contributed by atoms with Crippen molar-refractivity contribution in [2.24, 2.45) is 5.92 Å². The van der Waals surface area contributed by atoms with E-state index in [0.29, 0.717) is 6.54 Å². The summed E-state index contributed by atoms with van der Waals surface area (Å²) < 4.78 is 0. The van der Waals surface area contributed by atoms with Crippen molar-refractivity contribution in [1.82, 2.24) is 20.2 Å². The number of aromatic amines is 1. The lowest BCUT2D eigenvalue weighted by atomic mass is 9.95. The van der Waals surface area contributed by atoms with Gasteiger partial charge < -0.3 is 10.3 Å². The highest BCUT2D eigenvalue weighted by molar-refractivity contribution is 5.79. The molecule has 26 heavy (non-hydrogen) atoms. The summed E-state index contributed by atoms with van der Waals surface area (Å²) >= 11 is 0. The molecule has 1 amide bonds. The average Bonchev–Trinajstić information content (AvgIpc) is 3.10. The second-order valence-corrected chi connectivity index (χ2v) is 6.95. The van der Waals surface area contributed by atoms with Crippen molar-refractivity contribution in [1.29, 1.82) is 0 Å². The van der Waals surface area contributed by atoms with Crippen LogP contribution in [-0.4, -0.2) is 33.9 Å². The van der Waals surface area contributed by atoms with Gasteiger partial charge in [0.25, 0.3) is 0 Å². The number of benzene rings is 2. The fraction of sp³-hybridized carbons (Fsp3) is 0.333. The van der Waals surface area contributed by atoms with Crippen LogP contribution < -0.4 is 5.32 Å². The maximum absolute atomic E-state index is 12.5. The number of piperidine rings is 1. The number of fused-ring (bicyclic) bond motifs is 1. The molecule has 2 aromatic carbocycles. The minimum absolute atomic E-state index is 0.103. The number of aromatic nitrogens is 2. The Morgan fingerprint density at radius 3 is 2.58 bits per heavy atom. The van der Waals surface area contributed by atoms with Crippen LogP contribution in [0.5, 0.6) is 0 Å². The van der Waals surface area contributed by atoms with Gasteiger partial charge in [0.05, 0.1) is 17.6 Å². The van der Waals surface area contributed by atoms with Crippen molar-refractivity contribution in [2.45, 2.75) is 25.9 Å². The smallest absolute Gasteiger partial charge is 0.223 e. The van der Waals surface area contributed by atoms with Gasteiger partial charge in [-0.25, -0.2) is 4.98 Å². The molecule has 1 saturated heterocycles. The monoisotopic (exact) mass is 348 g/mol. The van der Waals surface area contributed by atoms with E-state index < -0.39 is 0 Å². The van der Waals surface area contributed by atoms with Gasteiger partial charge in [-0.05, 0) is 43.6 Å². The molecule has 0 bridgehead atoms. The predicted octanol–water partition coefficient (Wildman–Crippen LogP) is 3.09. The number of nitrogens with one attached hydrogen (secondary N) is 2. The molecule has 2 N–H and O–H groups in total. The second kappa shape index (κ2) is 7.70. The van der Waals surface area contributed by atoms with Crippen LogP contribution in [-0.2, 0) is 17.9 Å². The summed E-state index contributed by atoms with van der Waals surface area (Å²) in [6, 6.07) is 18.4. The third-order valence-corrected chi connectivity index (χ3v) is 5.08. The molecule has 0 radical (unpaired) electrons. The minimum Gasteiger partial charge on any atom is -0.349 e. The molecule has 0 unspecified atom stereocenters. The second-order valence-electron chi connectivity index (χ2n) is 6.95. The third kappa shape index (κ3) is 3.94. The fourth-order valence-electron chi connectivity index (χ4n) is 3.60. The molecule has 0 atom stereocenters. The van der Waals surface area contributed by atoms with Crippen LogP contribution >= 0.6 is 0 Å². The van der Waals surface area contributed by atoms with Crippen molar-refractivity contribution >= 4 is 16.9 Å². The number of likely N-dealkylation sites (tertiary alicyclic amines) is 1. The molecule has 5 nitrogen and oxygen atoms in total. The molecule has 1 aromatic heterocycles. The molecular formula is C21H24N4O. The van der Waals surface area contributed by atoms with Gasteiger partial charge in [0.2, 0.25) is 5.91 Å². The van der Waals surface area contributed by atoms with E-state index in [4.69, 9.17) is 0 Å². The lowest BCUT2D eigenvalue weighted by Crippen LogP contribution is -2.40. The molecule has 4 rings (SSSR count). The van der Waals surface area contributed by atoms with Crippen LogP contribution in [0.2, 0.25) is 0 Å². The van der Waals surface area contributed by atoms with Gasteiger partial charge in [-0.2, -0.15) is 0 Å². The van der Waals surface area contributed by atoms with Crippen LogP contribution in [0.25, 0.3) is 11.0 Å². The highest BCUT2D eigenvalue weighted by atomic mass is 16.1. The Labute approximate surface area is 153 Å². The molecule has 0 aliphatic carbocycles. The number of carbonyl (C=O) groups is 1. The fourth-order valence-corrected chi connectivity index (χ4v) is 3.60. The van der Waals surface area contributed by atoms with Crippen molar-refractivity contribution in [3.05, 3.63) is 66.0 Å². The van der Waals surface area contributed by atoms with Gasteiger partial charge in [0.15, 0.2) is 0 Å². The summed E-state index contributed by atoms with van der Waals surface area (Å²) in [5.41, 5.74) is 3.28. The lowest BCUT2D eigenvalue weighted by molar-refractivity contribution is -0.126. The van der Waals surface area contributed by atoms with Crippen molar-refractivity contribution in [3.63, 3.8) is 0 Å². The number of imidazole rings is 1.